The van der Waals surface area contributed by atoms with Crippen molar-refractivity contribution in [2.75, 3.05) is 0 Å². The van der Waals surface area contributed by atoms with Crippen LogP contribution in [-0.4, -0.2) is 24.8 Å². The van der Waals surface area contributed by atoms with Gasteiger partial charge in [0.05, 0.1) is 4.92 Å². The van der Waals surface area contributed by atoms with Gasteiger partial charge >= 0.3 is 0 Å². The number of nitro benzene ring substituents is 1. The number of aromatic hydroxyl groups is 1. The number of rotatable bonds is 6. The Labute approximate surface area is 148 Å². The molecule has 8 heteroatoms. The lowest BCUT2D eigenvalue weighted by Gasteiger charge is -2.07. The van der Waals surface area contributed by atoms with Crippen LogP contribution in [0.1, 0.15) is 12.5 Å². The van der Waals surface area contributed by atoms with Gasteiger partial charge in [-0.25, -0.2) is 0 Å². The number of phenolic OH excluding ortho intramolecular Hbond substituents is 1. The first-order valence-corrected chi connectivity index (χ1v) is 8.65. The molecule has 3 rings (SSSR count). The van der Waals surface area contributed by atoms with Gasteiger partial charge in [0.15, 0.2) is 11.0 Å². The lowest BCUT2D eigenvalue weighted by Crippen LogP contribution is -2.00. The molecule has 0 aliphatic rings. The minimum Gasteiger partial charge on any atom is -0.508 e. The summed E-state index contributed by atoms with van der Waals surface area (Å²) in [7, 11) is 0. The van der Waals surface area contributed by atoms with Crippen molar-refractivity contribution in [1.82, 2.24) is 14.8 Å². The van der Waals surface area contributed by atoms with Gasteiger partial charge in [0.1, 0.15) is 5.75 Å². The fourth-order valence-corrected chi connectivity index (χ4v) is 3.36. The van der Waals surface area contributed by atoms with Gasteiger partial charge < -0.3 is 9.67 Å². The first kappa shape index (κ1) is 17.0. The summed E-state index contributed by atoms with van der Waals surface area (Å²) in [5.41, 5.74) is 1.81. The molecule has 0 radical (unpaired) electrons. The quantitative estimate of drug-likeness (QED) is 0.409. The van der Waals surface area contributed by atoms with E-state index in [0.29, 0.717) is 12.3 Å². The van der Waals surface area contributed by atoms with E-state index < -0.39 is 4.92 Å². The van der Waals surface area contributed by atoms with Crippen molar-refractivity contribution in [3.63, 3.8) is 0 Å². The molecule has 7 nitrogen and oxygen atoms in total. The van der Waals surface area contributed by atoms with Gasteiger partial charge in [0.2, 0.25) is 0 Å². The van der Waals surface area contributed by atoms with Crippen molar-refractivity contribution in [2.45, 2.75) is 24.4 Å². The van der Waals surface area contributed by atoms with Crippen molar-refractivity contribution in [3.8, 4) is 17.1 Å². The fourth-order valence-electron chi connectivity index (χ4n) is 2.41. The summed E-state index contributed by atoms with van der Waals surface area (Å²) in [6.07, 6.45) is 0. The van der Waals surface area contributed by atoms with Crippen LogP contribution < -0.4 is 0 Å². The summed E-state index contributed by atoms with van der Waals surface area (Å²) in [5, 5.41) is 29.5. The van der Waals surface area contributed by atoms with E-state index in [1.54, 1.807) is 36.4 Å². The molecule has 0 aliphatic heterocycles. The predicted molar refractivity (Wildman–Crippen MR) is 95.5 cm³/mol. The summed E-state index contributed by atoms with van der Waals surface area (Å²) in [4.78, 5) is 10.5. The molecular weight excluding hydrogens is 340 g/mol. The molecular formula is C17H16N4O3S. The molecule has 0 atom stereocenters. The number of aromatic nitrogens is 3. The van der Waals surface area contributed by atoms with E-state index in [9.17, 15) is 15.2 Å². The minimum absolute atomic E-state index is 0.0832. The highest BCUT2D eigenvalue weighted by molar-refractivity contribution is 7.98. The number of phenols is 1. The van der Waals surface area contributed by atoms with Gasteiger partial charge in [-0.15, -0.1) is 10.2 Å². The second-order valence-corrected chi connectivity index (χ2v) is 6.26. The van der Waals surface area contributed by atoms with E-state index in [1.807, 2.05) is 17.6 Å². The Morgan fingerprint density at radius 1 is 1.20 bits per heavy atom. The zero-order valence-electron chi connectivity index (χ0n) is 13.5. The van der Waals surface area contributed by atoms with E-state index in [2.05, 4.69) is 10.2 Å². The van der Waals surface area contributed by atoms with Crippen LogP contribution in [0.2, 0.25) is 0 Å². The maximum absolute atomic E-state index is 10.9. The standard InChI is InChI=1S/C17H16N4O3S/c1-2-20-16(13-6-8-15(22)9-7-13)18-19-17(20)25-11-12-4-3-5-14(10-12)21(23)24/h3-10,22H,2,11H2,1H3. The summed E-state index contributed by atoms with van der Waals surface area (Å²) in [6, 6.07) is 13.4. The van der Waals surface area contributed by atoms with E-state index in [1.165, 1.54) is 17.8 Å². The number of hydrogen-bond donors (Lipinski definition) is 1. The van der Waals surface area contributed by atoms with Crippen LogP contribution >= 0.6 is 11.8 Å². The third kappa shape index (κ3) is 3.80. The topological polar surface area (TPSA) is 94.1 Å². The van der Waals surface area contributed by atoms with Gasteiger partial charge in [-0.1, -0.05) is 23.9 Å². The number of hydrogen-bond acceptors (Lipinski definition) is 6. The molecule has 0 spiro atoms. The fraction of sp³-hybridized carbons (Fsp3) is 0.176. The van der Waals surface area contributed by atoms with Crippen molar-refractivity contribution < 1.29 is 10.0 Å². The van der Waals surface area contributed by atoms with Crippen molar-refractivity contribution in [1.29, 1.82) is 0 Å². The zero-order chi connectivity index (χ0) is 17.8. The Balaban J connectivity index is 1.80. The highest BCUT2D eigenvalue weighted by Gasteiger charge is 2.14. The van der Waals surface area contributed by atoms with Crippen LogP contribution in [0.25, 0.3) is 11.4 Å². The SMILES string of the molecule is CCn1c(SCc2cccc([N+](=O)[O-])c2)nnc1-c1ccc(O)cc1. The Bertz CT molecular complexity index is 893. The molecule has 0 unspecified atom stereocenters. The lowest BCUT2D eigenvalue weighted by atomic mass is 10.2. The van der Waals surface area contributed by atoms with Gasteiger partial charge in [-0.3, -0.25) is 10.1 Å². The molecule has 1 heterocycles. The predicted octanol–water partition coefficient (Wildman–Crippen LogP) is 3.87. The second-order valence-electron chi connectivity index (χ2n) is 5.31. The first-order chi connectivity index (χ1) is 12.1. The summed E-state index contributed by atoms with van der Waals surface area (Å²) in [5.74, 6) is 1.49. The molecule has 0 fully saturated rings. The van der Waals surface area contributed by atoms with E-state index >= 15 is 0 Å². The maximum Gasteiger partial charge on any atom is 0.269 e. The van der Waals surface area contributed by atoms with Crippen molar-refractivity contribution in [3.05, 3.63) is 64.2 Å². The lowest BCUT2D eigenvalue weighted by molar-refractivity contribution is -0.384. The molecule has 0 amide bonds. The Kier molecular flexibility index (Phi) is 4.99. The smallest absolute Gasteiger partial charge is 0.269 e. The highest BCUT2D eigenvalue weighted by Crippen LogP contribution is 2.28. The average Bonchev–Trinajstić information content (AvgIpc) is 3.03. The van der Waals surface area contributed by atoms with Crippen LogP contribution in [0.3, 0.4) is 0 Å². The van der Waals surface area contributed by atoms with Gasteiger partial charge in [-0.2, -0.15) is 0 Å². The monoisotopic (exact) mass is 356 g/mol. The maximum atomic E-state index is 10.9. The summed E-state index contributed by atoms with van der Waals surface area (Å²) < 4.78 is 1.98. The highest BCUT2D eigenvalue weighted by atomic mass is 32.2. The minimum atomic E-state index is -0.397. The van der Waals surface area contributed by atoms with Crippen LogP contribution in [0.15, 0.2) is 53.7 Å². The molecule has 0 saturated heterocycles. The third-order valence-corrected chi connectivity index (χ3v) is 4.69. The van der Waals surface area contributed by atoms with Gasteiger partial charge in [0.25, 0.3) is 5.69 Å². The van der Waals surface area contributed by atoms with Crippen LogP contribution in [0.5, 0.6) is 5.75 Å². The van der Waals surface area contributed by atoms with Gasteiger partial charge in [-0.05, 0) is 36.8 Å². The number of thioether (sulfide) groups is 1. The first-order valence-electron chi connectivity index (χ1n) is 7.67. The van der Waals surface area contributed by atoms with Crippen LogP contribution in [-0.2, 0) is 12.3 Å². The number of nitrogens with zero attached hydrogens (tertiary/aromatic N) is 4. The largest absolute Gasteiger partial charge is 0.508 e. The molecule has 2 aromatic carbocycles. The number of nitro groups is 1. The second kappa shape index (κ2) is 7.35. The van der Waals surface area contributed by atoms with E-state index in [0.717, 1.165) is 22.1 Å². The zero-order valence-corrected chi connectivity index (χ0v) is 14.3. The molecule has 128 valence electrons. The van der Waals surface area contributed by atoms with E-state index in [-0.39, 0.29) is 11.4 Å². The molecule has 0 saturated carbocycles. The number of benzene rings is 2. The summed E-state index contributed by atoms with van der Waals surface area (Å²) in [6.45, 7) is 2.70. The molecule has 3 aromatic rings. The Morgan fingerprint density at radius 3 is 2.64 bits per heavy atom. The van der Waals surface area contributed by atoms with Crippen molar-refractivity contribution >= 4 is 17.4 Å². The Hall–Kier alpha value is -2.87. The molecule has 1 aromatic heterocycles. The third-order valence-electron chi connectivity index (χ3n) is 3.65. The number of non-ortho nitro benzene ring substituents is 1. The molecule has 0 bridgehead atoms. The molecule has 0 aliphatic carbocycles. The normalized spacial score (nSPS) is 10.8. The van der Waals surface area contributed by atoms with Gasteiger partial charge in [0, 0.05) is 30.0 Å². The van der Waals surface area contributed by atoms with Crippen molar-refractivity contribution in [2.24, 2.45) is 0 Å². The van der Waals surface area contributed by atoms with Crippen LogP contribution in [0.4, 0.5) is 5.69 Å². The molecule has 1 N–H and O–H groups in total. The average molecular weight is 356 g/mol. The van der Waals surface area contributed by atoms with E-state index in [4.69, 9.17) is 0 Å². The Morgan fingerprint density at radius 2 is 1.96 bits per heavy atom. The van der Waals surface area contributed by atoms with Crippen LogP contribution in [0, 0.1) is 10.1 Å². The molecule has 25 heavy (non-hydrogen) atoms. The summed E-state index contributed by atoms with van der Waals surface area (Å²) >= 11 is 1.48.